The fraction of sp³-hybridized carbons (Fsp3) is 0.0833. The van der Waals surface area contributed by atoms with Crippen LogP contribution in [0.15, 0.2) is 78.4 Å². The highest BCUT2D eigenvalue weighted by molar-refractivity contribution is 6.51. The minimum absolute atomic E-state index is 0.0338. The quantitative estimate of drug-likeness (QED) is 0.356. The number of hydrogen-bond donors (Lipinski definition) is 2. The second-order valence-electron chi connectivity index (χ2n) is 7.11. The summed E-state index contributed by atoms with van der Waals surface area (Å²) in [6, 6.07) is 19.0. The number of nitrogens with zero attached hydrogens (tertiary/aromatic N) is 1. The number of hydrogen-bond acceptors (Lipinski definition) is 4. The van der Waals surface area contributed by atoms with Gasteiger partial charge in [0, 0.05) is 16.3 Å². The molecular weight excluding hydrogens is 402 g/mol. The van der Waals surface area contributed by atoms with Gasteiger partial charge in [0.1, 0.15) is 11.5 Å². The molecule has 2 N–H and O–H groups in total. The summed E-state index contributed by atoms with van der Waals surface area (Å²) in [4.78, 5) is 27.4. The lowest BCUT2D eigenvalue weighted by atomic mass is 9.95. The van der Waals surface area contributed by atoms with Crippen LogP contribution in [0.1, 0.15) is 22.7 Å². The SMILES string of the molecule is Cc1ccc(N2C(=O)C(=O)/C(=C(\O)c3cccc(Cl)c3)C2c2ccc(O)cc2)cc1. The van der Waals surface area contributed by atoms with E-state index in [2.05, 4.69) is 0 Å². The highest BCUT2D eigenvalue weighted by atomic mass is 35.5. The zero-order chi connectivity index (χ0) is 21.4. The van der Waals surface area contributed by atoms with E-state index in [1.165, 1.54) is 23.1 Å². The van der Waals surface area contributed by atoms with Gasteiger partial charge in [0.05, 0.1) is 11.6 Å². The van der Waals surface area contributed by atoms with Gasteiger partial charge in [-0.3, -0.25) is 14.5 Å². The fourth-order valence-corrected chi connectivity index (χ4v) is 3.76. The van der Waals surface area contributed by atoms with Crippen LogP contribution in [0.5, 0.6) is 5.75 Å². The average molecular weight is 420 g/mol. The average Bonchev–Trinajstić information content (AvgIpc) is 3.00. The monoisotopic (exact) mass is 419 g/mol. The Kier molecular flexibility index (Phi) is 5.06. The van der Waals surface area contributed by atoms with Crippen molar-refractivity contribution in [1.29, 1.82) is 0 Å². The number of aliphatic hydroxyl groups excluding tert-OH is 1. The first kappa shape index (κ1) is 19.7. The van der Waals surface area contributed by atoms with Crippen LogP contribution in [0.2, 0.25) is 5.02 Å². The largest absolute Gasteiger partial charge is 0.508 e. The first-order valence-corrected chi connectivity index (χ1v) is 9.67. The number of Topliss-reactive ketones (excluding diaryl/α,β-unsaturated/α-hetero) is 1. The summed E-state index contributed by atoms with van der Waals surface area (Å²) in [6.45, 7) is 1.93. The molecule has 3 aromatic rings. The van der Waals surface area contributed by atoms with Crippen LogP contribution in [0, 0.1) is 6.92 Å². The minimum atomic E-state index is -0.854. The van der Waals surface area contributed by atoms with E-state index in [1.807, 2.05) is 19.1 Å². The van der Waals surface area contributed by atoms with E-state index in [-0.39, 0.29) is 17.1 Å². The van der Waals surface area contributed by atoms with Crippen LogP contribution in [0.3, 0.4) is 0 Å². The molecule has 3 aromatic carbocycles. The molecule has 1 heterocycles. The van der Waals surface area contributed by atoms with Crippen molar-refractivity contribution in [3.63, 3.8) is 0 Å². The van der Waals surface area contributed by atoms with Crippen molar-refractivity contribution in [2.45, 2.75) is 13.0 Å². The molecule has 0 saturated carbocycles. The van der Waals surface area contributed by atoms with E-state index in [0.717, 1.165) is 5.56 Å². The van der Waals surface area contributed by atoms with Gasteiger partial charge < -0.3 is 10.2 Å². The number of halogens is 1. The Morgan fingerprint density at radius 3 is 2.27 bits per heavy atom. The molecule has 6 heteroatoms. The molecule has 0 bridgehead atoms. The van der Waals surface area contributed by atoms with Crippen molar-refractivity contribution >= 4 is 34.7 Å². The summed E-state index contributed by atoms with van der Waals surface area (Å²) in [7, 11) is 0. The Balaban J connectivity index is 1.95. The second kappa shape index (κ2) is 7.69. The molecule has 1 amide bonds. The van der Waals surface area contributed by atoms with Gasteiger partial charge in [-0.15, -0.1) is 0 Å². The number of aromatic hydroxyl groups is 1. The normalized spacial score (nSPS) is 18.1. The number of phenols is 1. The van der Waals surface area contributed by atoms with E-state index < -0.39 is 17.7 Å². The van der Waals surface area contributed by atoms with Gasteiger partial charge in [0.2, 0.25) is 0 Å². The maximum Gasteiger partial charge on any atom is 0.300 e. The first-order valence-electron chi connectivity index (χ1n) is 9.29. The lowest BCUT2D eigenvalue weighted by Gasteiger charge is -2.25. The summed E-state index contributed by atoms with van der Waals surface area (Å²) in [5.74, 6) is -1.77. The van der Waals surface area contributed by atoms with Gasteiger partial charge in [-0.05, 0) is 48.9 Å². The van der Waals surface area contributed by atoms with Crippen LogP contribution >= 0.6 is 11.6 Å². The summed E-state index contributed by atoms with van der Waals surface area (Å²) in [5, 5.41) is 21.1. The fourth-order valence-electron chi connectivity index (χ4n) is 3.57. The van der Waals surface area contributed by atoms with Crippen molar-refractivity contribution in [2.75, 3.05) is 4.90 Å². The summed E-state index contributed by atoms with van der Waals surface area (Å²) < 4.78 is 0. The van der Waals surface area contributed by atoms with E-state index in [1.54, 1.807) is 42.5 Å². The molecule has 1 atom stereocenters. The molecule has 0 spiro atoms. The van der Waals surface area contributed by atoms with E-state index in [0.29, 0.717) is 21.8 Å². The molecule has 30 heavy (non-hydrogen) atoms. The van der Waals surface area contributed by atoms with Crippen molar-refractivity contribution in [3.05, 3.63) is 100 Å². The molecule has 1 fully saturated rings. The topological polar surface area (TPSA) is 77.8 Å². The number of anilines is 1. The molecule has 1 aliphatic rings. The maximum atomic E-state index is 13.0. The number of benzene rings is 3. The lowest BCUT2D eigenvalue weighted by molar-refractivity contribution is -0.132. The first-order chi connectivity index (χ1) is 14.4. The molecule has 1 aliphatic heterocycles. The number of amides is 1. The van der Waals surface area contributed by atoms with Gasteiger partial charge in [0.25, 0.3) is 11.7 Å². The van der Waals surface area contributed by atoms with Gasteiger partial charge >= 0.3 is 0 Å². The Labute approximate surface area is 178 Å². The predicted molar refractivity (Wildman–Crippen MR) is 116 cm³/mol. The Morgan fingerprint density at radius 1 is 0.967 bits per heavy atom. The van der Waals surface area contributed by atoms with Crippen molar-refractivity contribution < 1.29 is 19.8 Å². The Bertz CT molecular complexity index is 1170. The predicted octanol–water partition coefficient (Wildman–Crippen LogP) is 4.98. The summed E-state index contributed by atoms with van der Waals surface area (Å²) >= 11 is 6.05. The van der Waals surface area contributed by atoms with Crippen molar-refractivity contribution in [3.8, 4) is 5.75 Å². The third-order valence-corrected chi connectivity index (χ3v) is 5.30. The van der Waals surface area contributed by atoms with Gasteiger partial charge in [-0.1, -0.05) is 53.6 Å². The lowest BCUT2D eigenvalue weighted by Crippen LogP contribution is -2.29. The number of rotatable bonds is 3. The molecule has 5 nitrogen and oxygen atoms in total. The molecule has 0 radical (unpaired) electrons. The van der Waals surface area contributed by atoms with Crippen molar-refractivity contribution in [1.82, 2.24) is 0 Å². The molecule has 4 rings (SSSR count). The number of ketones is 1. The third-order valence-electron chi connectivity index (χ3n) is 5.06. The molecule has 0 aromatic heterocycles. The zero-order valence-corrected chi connectivity index (χ0v) is 16.8. The van der Waals surface area contributed by atoms with E-state index in [9.17, 15) is 19.8 Å². The van der Waals surface area contributed by atoms with Crippen molar-refractivity contribution in [2.24, 2.45) is 0 Å². The van der Waals surface area contributed by atoms with Crippen LogP contribution in [0.4, 0.5) is 5.69 Å². The summed E-state index contributed by atoms with van der Waals surface area (Å²) in [6.07, 6.45) is 0. The van der Waals surface area contributed by atoms with Crippen LogP contribution in [-0.4, -0.2) is 21.9 Å². The van der Waals surface area contributed by atoms with E-state index in [4.69, 9.17) is 11.6 Å². The number of aliphatic hydroxyl groups is 1. The van der Waals surface area contributed by atoms with Crippen LogP contribution in [0.25, 0.3) is 5.76 Å². The van der Waals surface area contributed by atoms with Gasteiger partial charge in [-0.2, -0.15) is 0 Å². The van der Waals surface area contributed by atoms with Crippen LogP contribution in [-0.2, 0) is 9.59 Å². The highest BCUT2D eigenvalue weighted by Crippen LogP contribution is 2.42. The molecule has 1 unspecified atom stereocenters. The maximum absolute atomic E-state index is 13.0. The van der Waals surface area contributed by atoms with E-state index >= 15 is 0 Å². The smallest absolute Gasteiger partial charge is 0.300 e. The number of phenolic OH excluding ortho intramolecular Hbond substituents is 1. The molecule has 0 aliphatic carbocycles. The Hall–Kier alpha value is -3.57. The van der Waals surface area contributed by atoms with Gasteiger partial charge in [-0.25, -0.2) is 0 Å². The van der Waals surface area contributed by atoms with Crippen LogP contribution < -0.4 is 4.90 Å². The number of carbonyl (C=O) groups excluding carboxylic acids is 2. The van der Waals surface area contributed by atoms with Gasteiger partial charge in [0.15, 0.2) is 0 Å². The molecule has 150 valence electrons. The molecular formula is C24H18ClNO4. The third kappa shape index (κ3) is 3.44. The second-order valence-corrected chi connectivity index (χ2v) is 7.54. The minimum Gasteiger partial charge on any atom is -0.508 e. The standard InChI is InChI=1S/C24H18ClNO4/c1-14-5-9-18(10-6-14)26-21(15-7-11-19(27)12-8-15)20(23(29)24(26)30)22(28)16-3-2-4-17(25)13-16/h2-13,21,27-28H,1H3/b22-20-. The zero-order valence-electron chi connectivity index (χ0n) is 16.0. The Morgan fingerprint density at radius 2 is 1.63 bits per heavy atom. The highest BCUT2D eigenvalue weighted by Gasteiger charge is 2.46. The number of carbonyl (C=O) groups is 2. The molecule has 1 saturated heterocycles. The summed E-state index contributed by atoms with van der Waals surface area (Å²) in [5.41, 5.74) is 2.43. The number of aryl methyl sites for hydroxylation is 1.